The highest BCUT2D eigenvalue weighted by Crippen LogP contribution is 2.29. The van der Waals surface area contributed by atoms with Crippen LogP contribution in [0.15, 0.2) is 30.3 Å². The van der Waals surface area contributed by atoms with Gasteiger partial charge < -0.3 is 0 Å². The summed E-state index contributed by atoms with van der Waals surface area (Å²) >= 11 is 0. The van der Waals surface area contributed by atoms with Crippen molar-refractivity contribution in [2.24, 2.45) is 5.92 Å². The highest BCUT2D eigenvalue weighted by molar-refractivity contribution is 7.88. The molecular formula is C16H23NO2S. The molecule has 1 aromatic rings. The minimum atomic E-state index is -3.08. The Morgan fingerprint density at radius 3 is 2.50 bits per heavy atom. The Kier molecular flexibility index (Phi) is 5.00. The molecule has 1 N–H and O–H groups in total. The first kappa shape index (κ1) is 15.3. The second-order valence-electron chi connectivity index (χ2n) is 5.72. The van der Waals surface area contributed by atoms with Crippen molar-refractivity contribution >= 4 is 15.6 Å². The smallest absolute Gasteiger partial charge is 0.208 e. The summed E-state index contributed by atoms with van der Waals surface area (Å²) in [5.41, 5.74) is 3.91. The zero-order chi connectivity index (χ0) is 14.6. The summed E-state index contributed by atoms with van der Waals surface area (Å²) in [6.45, 7) is 2.75. The number of nitrogens with one attached hydrogen (secondary N) is 1. The van der Waals surface area contributed by atoms with E-state index < -0.39 is 10.0 Å². The average molecular weight is 293 g/mol. The summed E-state index contributed by atoms with van der Waals surface area (Å²) in [6, 6.07) is 8.49. The van der Waals surface area contributed by atoms with E-state index >= 15 is 0 Å². The van der Waals surface area contributed by atoms with Crippen molar-refractivity contribution in [1.82, 2.24) is 4.72 Å². The van der Waals surface area contributed by atoms with Crippen LogP contribution in [0.1, 0.15) is 37.3 Å². The van der Waals surface area contributed by atoms with Gasteiger partial charge in [-0.1, -0.05) is 37.3 Å². The zero-order valence-electron chi connectivity index (χ0n) is 12.2. The molecule has 1 aliphatic carbocycles. The number of allylic oxidation sites excluding steroid dienone is 2. The van der Waals surface area contributed by atoms with Crippen molar-refractivity contribution in [1.29, 1.82) is 0 Å². The largest absolute Gasteiger partial charge is 0.215 e. The Morgan fingerprint density at radius 1 is 1.25 bits per heavy atom. The second kappa shape index (κ2) is 6.55. The van der Waals surface area contributed by atoms with Crippen LogP contribution >= 0.6 is 0 Å². The number of hydrogen-bond acceptors (Lipinski definition) is 2. The second-order valence-corrected chi connectivity index (χ2v) is 7.56. The molecule has 0 bridgehead atoms. The fraction of sp³-hybridized carbons (Fsp3) is 0.500. The highest BCUT2D eigenvalue weighted by atomic mass is 32.2. The molecule has 0 heterocycles. The number of hydrogen-bond donors (Lipinski definition) is 1. The van der Waals surface area contributed by atoms with E-state index in [0.717, 1.165) is 24.3 Å². The summed E-state index contributed by atoms with van der Waals surface area (Å²) in [5.74, 6) is 0.806. The van der Waals surface area contributed by atoms with Crippen LogP contribution in [-0.2, 0) is 16.4 Å². The van der Waals surface area contributed by atoms with Gasteiger partial charge in [-0.25, -0.2) is 13.1 Å². The Labute approximate surface area is 122 Å². The van der Waals surface area contributed by atoms with Crippen LogP contribution in [0.3, 0.4) is 0 Å². The molecule has 0 radical (unpaired) electrons. The SMILES string of the molecule is CC1CC=C(c2ccc(CCNS(C)(=O)=O)cc2)CC1. The zero-order valence-corrected chi connectivity index (χ0v) is 13.0. The highest BCUT2D eigenvalue weighted by Gasteiger charge is 2.11. The summed E-state index contributed by atoms with van der Waals surface area (Å²) < 4.78 is 24.5. The molecule has 20 heavy (non-hydrogen) atoms. The van der Waals surface area contributed by atoms with Gasteiger partial charge in [0.25, 0.3) is 0 Å². The fourth-order valence-corrected chi connectivity index (χ4v) is 2.97. The molecule has 0 spiro atoms. The molecule has 4 heteroatoms. The van der Waals surface area contributed by atoms with Gasteiger partial charge in [0.1, 0.15) is 0 Å². The van der Waals surface area contributed by atoms with Crippen LogP contribution in [0.5, 0.6) is 0 Å². The van der Waals surface area contributed by atoms with E-state index in [0.29, 0.717) is 6.54 Å². The molecular weight excluding hydrogens is 270 g/mol. The molecule has 0 saturated carbocycles. The molecule has 1 unspecified atom stereocenters. The molecule has 1 aromatic carbocycles. The minimum Gasteiger partial charge on any atom is -0.215 e. The van der Waals surface area contributed by atoms with Crippen molar-refractivity contribution in [3.05, 3.63) is 41.5 Å². The number of benzene rings is 1. The predicted octanol–water partition coefficient (Wildman–Crippen LogP) is 2.98. The summed E-state index contributed by atoms with van der Waals surface area (Å²) in [6.07, 6.45) is 7.88. The molecule has 3 nitrogen and oxygen atoms in total. The lowest BCUT2D eigenvalue weighted by Crippen LogP contribution is -2.24. The molecule has 0 aromatic heterocycles. The maximum absolute atomic E-state index is 11.0. The molecule has 0 aliphatic heterocycles. The molecule has 2 rings (SSSR count). The molecule has 0 saturated heterocycles. The van der Waals surface area contributed by atoms with Gasteiger partial charge in [0, 0.05) is 6.54 Å². The molecule has 1 atom stereocenters. The van der Waals surface area contributed by atoms with E-state index in [2.05, 4.69) is 42.0 Å². The predicted molar refractivity (Wildman–Crippen MR) is 84.0 cm³/mol. The Hall–Kier alpha value is -1.13. The van der Waals surface area contributed by atoms with Gasteiger partial charge in [-0.2, -0.15) is 0 Å². The van der Waals surface area contributed by atoms with Gasteiger partial charge in [0.15, 0.2) is 0 Å². The van der Waals surface area contributed by atoms with Crippen molar-refractivity contribution < 1.29 is 8.42 Å². The quantitative estimate of drug-likeness (QED) is 0.907. The molecule has 0 fully saturated rings. The monoisotopic (exact) mass is 293 g/mol. The third-order valence-electron chi connectivity index (χ3n) is 3.78. The van der Waals surface area contributed by atoms with Crippen LogP contribution in [0.2, 0.25) is 0 Å². The first-order chi connectivity index (χ1) is 9.44. The lowest BCUT2D eigenvalue weighted by molar-refractivity contribution is 0.534. The molecule has 110 valence electrons. The van der Waals surface area contributed by atoms with Crippen molar-refractivity contribution in [3.8, 4) is 0 Å². The lowest BCUT2D eigenvalue weighted by Gasteiger charge is -2.18. The van der Waals surface area contributed by atoms with Crippen molar-refractivity contribution in [3.63, 3.8) is 0 Å². The topological polar surface area (TPSA) is 46.2 Å². The normalized spacial score (nSPS) is 19.7. The third-order valence-corrected chi connectivity index (χ3v) is 4.50. The minimum absolute atomic E-state index is 0.457. The summed E-state index contributed by atoms with van der Waals surface area (Å²) in [4.78, 5) is 0. The summed E-state index contributed by atoms with van der Waals surface area (Å²) in [7, 11) is -3.08. The van der Waals surface area contributed by atoms with Crippen LogP contribution in [-0.4, -0.2) is 21.2 Å². The number of rotatable bonds is 5. The first-order valence-corrected chi connectivity index (χ1v) is 9.06. The van der Waals surface area contributed by atoms with E-state index in [-0.39, 0.29) is 0 Å². The van der Waals surface area contributed by atoms with Gasteiger partial charge in [-0.3, -0.25) is 0 Å². The van der Waals surface area contributed by atoms with Crippen molar-refractivity contribution in [2.75, 3.05) is 12.8 Å². The Bertz CT molecular complexity index is 573. The van der Waals surface area contributed by atoms with E-state index in [1.807, 2.05) is 0 Å². The Balaban J connectivity index is 1.93. The molecule has 1 aliphatic rings. The van der Waals surface area contributed by atoms with Crippen LogP contribution in [0.25, 0.3) is 5.57 Å². The van der Waals surface area contributed by atoms with Crippen LogP contribution in [0, 0.1) is 5.92 Å². The van der Waals surface area contributed by atoms with E-state index in [1.54, 1.807) is 0 Å². The van der Waals surface area contributed by atoms with Gasteiger partial charge in [0.2, 0.25) is 10.0 Å². The summed E-state index contributed by atoms with van der Waals surface area (Å²) in [5, 5.41) is 0. The maximum Gasteiger partial charge on any atom is 0.208 e. The molecule has 0 amide bonds. The van der Waals surface area contributed by atoms with Crippen LogP contribution in [0.4, 0.5) is 0 Å². The van der Waals surface area contributed by atoms with Crippen LogP contribution < -0.4 is 4.72 Å². The lowest BCUT2D eigenvalue weighted by atomic mass is 9.87. The first-order valence-electron chi connectivity index (χ1n) is 7.17. The average Bonchev–Trinajstić information content (AvgIpc) is 2.39. The van der Waals surface area contributed by atoms with E-state index in [1.165, 1.54) is 30.2 Å². The maximum atomic E-state index is 11.0. The standard InChI is InChI=1S/C16H23NO2S/c1-13-3-7-15(8-4-13)16-9-5-14(6-10-16)11-12-17-20(2,18)19/h5-7,9-10,13,17H,3-4,8,11-12H2,1-2H3. The van der Waals surface area contributed by atoms with Gasteiger partial charge in [-0.05, 0) is 48.3 Å². The van der Waals surface area contributed by atoms with Gasteiger partial charge in [-0.15, -0.1) is 0 Å². The van der Waals surface area contributed by atoms with Gasteiger partial charge in [0.05, 0.1) is 6.26 Å². The van der Waals surface area contributed by atoms with Gasteiger partial charge >= 0.3 is 0 Å². The number of sulfonamides is 1. The van der Waals surface area contributed by atoms with E-state index in [9.17, 15) is 8.42 Å². The van der Waals surface area contributed by atoms with E-state index in [4.69, 9.17) is 0 Å². The third kappa shape index (κ3) is 4.76. The Morgan fingerprint density at radius 2 is 1.95 bits per heavy atom. The fourth-order valence-electron chi connectivity index (χ4n) is 2.49. The van der Waals surface area contributed by atoms with Crippen molar-refractivity contribution in [2.45, 2.75) is 32.6 Å².